The number of anilines is 2. The maximum absolute atomic E-state index is 11.1. The van der Waals surface area contributed by atoms with E-state index in [9.17, 15) is 14.7 Å². The van der Waals surface area contributed by atoms with E-state index in [-0.39, 0.29) is 17.9 Å². The van der Waals surface area contributed by atoms with Gasteiger partial charge in [0.15, 0.2) is 5.82 Å². The van der Waals surface area contributed by atoms with Gasteiger partial charge in [0.25, 0.3) is 0 Å². The zero-order chi connectivity index (χ0) is 12.1. The second kappa shape index (κ2) is 4.86. The van der Waals surface area contributed by atoms with E-state index >= 15 is 0 Å². The Labute approximate surface area is 89.2 Å². The van der Waals surface area contributed by atoms with Gasteiger partial charge in [-0.15, -0.1) is 0 Å². The van der Waals surface area contributed by atoms with Crippen molar-refractivity contribution in [2.75, 3.05) is 10.3 Å². The van der Waals surface area contributed by atoms with Gasteiger partial charge in [-0.3, -0.25) is 10.2 Å². The Morgan fingerprint density at radius 1 is 1.56 bits per heavy atom. The highest BCUT2D eigenvalue weighted by atomic mass is 16.3. The topological polar surface area (TPSA) is 159 Å². The molecule has 16 heavy (non-hydrogen) atoms. The summed E-state index contributed by atoms with van der Waals surface area (Å²) in [4.78, 5) is 28.4. The molecular weight excluding hydrogens is 218 g/mol. The summed E-state index contributed by atoms with van der Waals surface area (Å²) in [5.41, 5.74) is 1.55. The fourth-order valence-electron chi connectivity index (χ4n) is 0.904. The second-order valence-electron chi connectivity index (χ2n) is 2.48. The van der Waals surface area contributed by atoms with E-state index in [1.807, 2.05) is 0 Å². The number of aromatic nitrogens is 2. The van der Waals surface area contributed by atoms with Gasteiger partial charge in [0.05, 0.1) is 0 Å². The largest absolute Gasteiger partial charge is 0.492 e. The van der Waals surface area contributed by atoms with Crippen LogP contribution in [0.4, 0.5) is 16.3 Å². The average Bonchev–Trinajstić information content (AvgIpc) is 2.30. The molecule has 1 rings (SSSR count). The minimum absolute atomic E-state index is 0.205. The molecule has 3 amide bonds. The lowest BCUT2D eigenvalue weighted by atomic mass is 10.4. The lowest BCUT2D eigenvalue weighted by Crippen LogP contribution is -2.48. The van der Waals surface area contributed by atoms with Crippen molar-refractivity contribution in [3.05, 3.63) is 6.33 Å². The van der Waals surface area contributed by atoms with Gasteiger partial charge in [-0.25, -0.2) is 26.5 Å². The first-order valence-electron chi connectivity index (χ1n) is 3.91. The van der Waals surface area contributed by atoms with E-state index in [4.69, 9.17) is 11.7 Å². The van der Waals surface area contributed by atoms with Crippen molar-refractivity contribution in [1.82, 2.24) is 15.4 Å². The predicted molar refractivity (Wildman–Crippen MR) is 52.8 cm³/mol. The number of nitrogens with two attached hydrogens (primary N) is 2. The van der Waals surface area contributed by atoms with Crippen molar-refractivity contribution in [3.8, 4) is 5.88 Å². The number of carbonyl (C=O) groups excluding carboxylic acids is 2. The van der Waals surface area contributed by atoms with Crippen molar-refractivity contribution in [3.63, 3.8) is 0 Å². The van der Waals surface area contributed by atoms with Crippen LogP contribution in [0.15, 0.2) is 6.33 Å². The molecular formula is C6H9N7O3. The van der Waals surface area contributed by atoms with Crippen molar-refractivity contribution >= 4 is 23.9 Å². The Balaban J connectivity index is 3.16. The molecule has 7 N–H and O–H groups in total. The summed E-state index contributed by atoms with van der Waals surface area (Å²) in [6.45, 7) is 0. The molecule has 0 aliphatic heterocycles. The number of carbonyl (C=O) groups is 2. The molecule has 1 aromatic rings. The molecule has 0 aliphatic rings. The zero-order valence-corrected chi connectivity index (χ0v) is 7.91. The van der Waals surface area contributed by atoms with Gasteiger partial charge in [0, 0.05) is 0 Å². The molecule has 0 radical (unpaired) electrons. The predicted octanol–water partition coefficient (Wildman–Crippen LogP) is -1.99. The van der Waals surface area contributed by atoms with E-state index in [2.05, 4.69) is 15.3 Å². The highest BCUT2D eigenvalue weighted by Gasteiger charge is 2.19. The van der Waals surface area contributed by atoms with Crippen LogP contribution in [0.5, 0.6) is 5.88 Å². The van der Waals surface area contributed by atoms with Crippen molar-refractivity contribution in [2.24, 2.45) is 11.7 Å². The standard InChI is InChI=1S/C6H9N7O3/c7-12-6(16)13(8)4-3(11-2-14)5(15)10-1-9-4/h1-2H,7-8H2,(H,11,14)(H,12,16)(H,9,10,15). The van der Waals surface area contributed by atoms with Crippen LogP contribution in [-0.2, 0) is 4.79 Å². The van der Waals surface area contributed by atoms with Crippen LogP contribution >= 0.6 is 0 Å². The van der Waals surface area contributed by atoms with Gasteiger partial charge in [-0.05, 0) is 0 Å². The molecule has 0 unspecified atom stereocenters. The highest BCUT2D eigenvalue weighted by Crippen LogP contribution is 2.28. The lowest BCUT2D eigenvalue weighted by Gasteiger charge is -2.17. The third-order valence-electron chi connectivity index (χ3n) is 1.58. The van der Waals surface area contributed by atoms with Crippen molar-refractivity contribution < 1.29 is 14.7 Å². The molecule has 1 heterocycles. The van der Waals surface area contributed by atoms with E-state index in [1.165, 1.54) is 0 Å². The summed E-state index contributed by atoms with van der Waals surface area (Å²) < 4.78 is 0. The molecule has 0 spiro atoms. The van der Waals surface area contributed by atoms with E-state index in [1.54, 1.807) is 5.43 Å². The third kappa shape index (κ3) is 2.13. The van der Waals surface area contributed by atoms with Crippen molar-refractivity contribution in [2.45, 2.75) is 0 Å². The third-order valence-corrected chi connectivity index (χ3v) is 1.58. The number of urea groups is 1. The quantitative estimate of drug-likeness (QED) is 0.173. The number of hydrogen-bond donors (Lipinski definition) is 5. The van der Waals surface area contributed by atoms with Gasteiger partial charge < -0.3 is 10.4 Å². The maximum atomic E-state index is 11.1. The molecule has 0 bridgehead atoms. The van der Waals surface area contributed by atoms with Crippen LogP contribution in [0.25, 0.3) is 0 Å². The first-order valence-corrected chi connectivity index (χ1v) is 3.91. The van der Waals surface area contributed by atoms with Gasteiger partial charge in [-0.2, -0.15) is 4.98 Å². The number of hydrazine groups is 2. The molecule has 0 saturated carbocycles. The molecule has 0 saturated heterocycles. The SMILES string of the molecule is NNC(=O)N(N)c1ncnc(O)c1NC=O. The van der Waals surface area contributed by atoms with Crippen LogP contribution in [-0.4, -0.2) is 27.5 Å². The Morgan fingerprint density at radius 3 is 2.81 bits per heavy atom. The minimum atomic E-state index is -0.882. The van der Waals surface area contributed by atoms with Crippen LogP contribution in [0.1, 0.15) is 0 Å². The summed E-state index contributed by atoms with van der Waals surface area (Å²) in [5.74, 6) is 9.45. The van der Waals surface area contributed by atoms with Gasteiger partial charge >= 0.3 is 6.03 Å². The van der Waals surface area contributed by atoms with Gasteiger partial charge in [0.1, 0.15) is 12.0 Å². The zero-order valence-electron chi connectivity index (χ0n) is 7.91. The lowest BCUT2D eigenvalue weighted by molar-refractivity contribution is -0.105. The van der Waals surface area contributed by atoms with Crippen LogP contribution in [0.3, 0.4) is 0 Å². The maximum Gasteiger partial charge on any atom is 0.351 e. The summed E-state index contributed by atoms with van der Waals surface area (Å²) in [7, 11) is 0. The molecule has 0 fully saturated rings. The fraction of sp³-hybridized carbons (Fsp3) is 0. The van der Waals surface area contributed by atoms with E-state index in [0.717, 1.165) is 6.33 Å². The molecule has 86 valence electrons. The molecule has 10 heteroatoms. The Bertz CT molecular complexity index is 409. The first-order chi connectivity index (χ1) is 7.61. The second-order valence-corrected chi connectivity index (χ2v) is 2.48. The smallest absolute Gasteiger partial charge is 0.351 e. The summed E-state index contributed by atoms with van der Waals surface area (Å²) >= 11 is 0. The van der Waals surface area contributed by atoms with Crippen LogP contribution in [0.2, 0.25) is 0 Å². The molecule has 0 aromatic carbocycles. The Kier molecular flexibility index (Phi) is 3.53. The number of rotatable bonds is 3. The van der Waals surface area contributed by atoms with Gasteiger partial charge in [-0.1, -0.05) is 0 Å². The monoisotopic (exact) mass is 227 g/mol. The molecule has 10 nitrogen and oxygen atoms in total. The summed E-state index contributed by atoms with van der Waals surface area (Å²) in [6.07, 6.45) is 1.24. The number of nitrogens with zero attached hydrogens (tertiary/aromatic N) is 3. The molecule has 0 atom stereocenters. The molecule has 1 aromatic heterocycles. The fourth-order valence-corrected chi connectivity index (χ4v) is 0.904. The highest BCUT2D eigenvalue weighted by molar-refractivity contribution is 5.95. The summed E-state index contributed by atoms with van der Waals surface area (Å²) in [5, 5.41) is 11.9. The Hall–Kier alpha value is -2.46. The summed E-state index contributed by atoms with van der Waals surface area (Å²) in [6, 6.07) is -0.882. The normalized spacial score (nSPS) is 9.38. The number of nitrogens with one attached hydrogen (secondary N) is 2. The number of hydrogen-bond acceptors (Lipinski definition) is 7. The van der Waals surface area contributed by atoms with Crippen molar-refractivity contribution in [1.29, 1.82) is 0 Å². The minimum Gasteiger partial charge on any atom is -0.492 e. The van der Waals surface area contributed by atoms with E-state index in [0.29, 0.717) is 5.01 Å². The van der Waals surface area contributed by atoms with E-state index < -0.39 is 11.9 Å². The number of aromatic hydroxyl groups is 1. The van der Waals surface area contributed by atoms with Crippen LogP contribution in [0, 0.1) is 0 Å². The van der Waals surface area contributed by atoms with Crippen LogP contribution < -0.4 is 27.4 Å². The van der Waals surface area contributed by atoms with Gasteiger partial charge in [0.2, 0.25) is 12.3 Å². The Morgan fingerprint density at radius 2 is 2.25 bits per heavy atom. The number of amides is 3. The average molecular weight is 227 g/mol. The molecule has 0 aliphatic carbocycles. The first kappa shape index (κ1) is 11.6.